The fourth-order valence-electron chi connectivity index (χ4n) is 3.04. The molecule has 0 saturated carbocycles. The van der Waals surface area contributed by atoms with Crippen LogP contribution in [0.4, 0.5) is 0 Å². The summed E-state index contributed by atoms with van der Waals surface area (Å²) in [5.41, 5.74) is 7.13. The molecule has 0 spiro atoms. The van der Waals surface area contributed by atoms with E-state index in [2.05, 4.69) is 49.7 Å². The van der Waals surface area contributed by atoms with E-state index in [1.54, 1.807) is 0 Å². The molecule has 2 aromatic carbocycles. The van der Waals surface area contributed by atoms with Gasteiger partial charge in [-0.25, -0.2) is 0 Å². The van der Waals surface area contributed by atoms with Crippen LogP contribution < -0.4 is 0 Å². The number of carbonyl (C=O) groups is 1. The maximum atomic E-state index is 11.0. The van der Waals surface area contributed by atoms with Crippen molar-refractivity contribution in [1.82, 2.24) is 4.57 Å². The Morgan fingerprint density at radius 1 is 1.00 bits per heavy atom. The van der Waals surface area contributed by atoms with Crippen LogP contribution in [0.25, 0.3) is 10.9 Å². The van der Waals surface area contributed by atoms with Gasteiger partial charge in [-0.1, -0.05) is 29.8 Å². The number of fused-ring (bicyclic) bond motifs is 1. The third-order valence-electron chi connectivity index (χ3n) is 4.10. The SMILES string of the molecule is Cc1cc(C)c(Cn2ccc3ccc(C=O)cc32)c(C)c1. The van der Waals surface area contributed by atoms with E-state index >= 15 is 0 Å². The smallest absolute Gasteiger partial charge is 0.150 e. The molecule has 0 aliphatic carbocycles. The molecule has 0 aliphatic rings. The first-order valence-corrected chi connectivity index (χ1v) is 7.19. The highest BCUT2D eigenvalue weighted by molar-refractivity contribution is 5.87. The number of benzene rings is 2. The molecule has 1 heterocycles. The predicted molar refractivity (Wildman–Crippen MR) is 87.1 cm³/mol. The van der Waals surface area contributed by atoms with Gasteiger partial charge in [0.05, 0.1) is 0 Å². The van der Waals surface area contributed by atoms with Gasteiger partial charge < -0.3 is 4.57 Å². The zero-order valence-corrected chi connectivity index (χ0v) is 12.7. The van der Waals surface area contributed by atoms with E-state index in [0.29, 0.717) is 0 Å². The second-order valence-electron chi connectivity index (χ2n) is 5.76. The molecule has 3 rings (SSSR count). The van der Waals surface area contributed by atoms with Crippen LogP contribution in [0.3, 0.4) is 0 Å². The van der Waals surface area contributed by atoms with Crippen molar-refractivity contribution in [3.8, 4) is 0 Å². The van der Waals surface area contributed by atoms with Gasteiger partial charge in [0.25, 0.3) is 0 Å². The van der Waals surface area contributed by atoms with Crippen LogP contribution in [0.2, 0.25) is 0 Å². The molecule has 2 nitrogen and oxygen atoms in total. The van der Waals surface area contributed by atoms with Crippen LogP contribution in [0.15, 0.2) is 42.6 Å². The number of hydrogen-bond acceptors (Lipinski definition) is 1. The molecule has 1 aromatic heterocycles. The first kappa shape index (κ1) is 13.6. The fourth-order valence-corrected chi connectivity index (χ4v) is 3.04. The minimum Gasteiger partial charge on any atom is -0.343 e. The molecule has 0 radical (unpaired) electrons. The summed E-state index contributed by atoms with van der Waals surface area (Å²) in [6.45, 7) is 7.30. The predicted octanol–water partition coefficient (Wildman–Crippen LogP) is 4.43. The van der Waals surface area contributed by atoms with Gasteiger partial charge in [0.15, 0.2) is 0 Å². The van der Waals surface area contributed by atoms with Crippen molar-refractivity contribution in [3.05, 3.63) is 70.4 Å². The highest BCUT2D eigenvalue weighted by atomic mass is 16.1. The molecule has 0 saturated heterocycles. The molecular weight excluding hydrogens is 258 g/mol. The molecule has 0 N–H and O–H groups in total. The molecule has 3 aromatic rings. The van der Waals surface area contributed by atoms with Gasteiger partial charge >= 0.3 is 0 Å². The van der Waals surface area contributed by atoms with Crippen LogP contribution in [-0.2, 0) is 6.54 Å². The number of rotatable bonds is 3. The summed E-state index contributed by atoms with van der Waals surface area (Å²) in [5, 5.41) is 1.17. The second kappa shape index (κ2) is 5.21. The average molecular weight is 277 g/mol. The number of carbonyl (C=O) groups excluding carboxylic acids is 1. The molecule has 21 heavy (non-hydrogen) atoms. The lowest BCUT2D eigenvalue weighted by molar-refractivity contribution is 0.112. The summed E-state index contributed by atoms with van der Waals surface area (Å²) >= 11 is 0. The number of aldehydes is 1. The topological polar surface area (TPSA) is 22.0 Å². The summed E-state index contributed by atoms with van der Waals surface area (Å²) in [6, 6.07) is 12.4. The third-order valence-corrected chi connectivity index (χ3v) is 4.10. The summed E-state index contributed by atoms with van der Waals surface area (Å²) in [7, 11) is 0. The van der Waals surface area contributed by atoms with Crippen molar-refractivity contribution in [2.75, 3.05) is 0 Å². The van der Waals surface area contributed by atoms with Crippen molar-refractivity contribution in [3.63, 3.8) is 0 Å². The Bertz CT molecular complexity index is 804. The molecule has 0 amide bonds. The van der Waals surface area contributed by atoms with Gasteiger partial charge in [-0.15, -0.1) is 0 Å². The van der Waals surface area contributed by atoms with Gasteiger partial charge in [0.1, 0.15) is 6.29 Å². The molecule has 0 bridgehead atoms. The quantitative estimate of drug-likeness (QED) is 0.649. The van der Waals surface area contributed by atoms with Gasteiger partial charge in [-0.3, -0.25) is 4.79 Å². The third kappa shape index (κ3) is 2.49. The van der Waals surface area contributed by atoms with Crippen LogP contribution in [0, 0.1) is 20.8 Å². The highest BCUT2D eigenvalue weighted by Gasteiger charge is 2.07. The molecule has 0 atom stereocenters. The van der Waals surface area contributed by atoms with E-state index in [4.69, 9.17) is 0 Å². The largest absolute Gasteiger partial charge is 0.343 e. The Kier molecular flexibility index (Phi) is 3.38. The number of aromatic nitrogens is 1. The lowest BCUT2D eigenvalue weighted by Crippen LogP contribution is -2.03. The maximum Gasteiger partial charge on any atom is 0.150 e. The van der Waals surface area contributed by atoms with Gasteiger partial charge in [-0.05, 0) is 55.0 Å². The minimum absolute atomic E-state index is 0.722. The Balaban J connectivity index is 2.08. The summed E-state index contributed by atoms with van der Waals surface area (Å²) in [4.78, 5) is 11.0. The van der Waals surface area contributed by atoms with Crippen molar-refractivity contribution in [2.24, 2.45) is 0 Å². The molecule has 2 heteroatoms. The number of nitrogens with zero attached hydrogens (tertiary/aromatic N) is 1. The molecule has 106 valence electrons. The normalized spacial score (nSPS) is 11.0. The summed E-state index contributed by atoms with van der Waals surface area (Å²) in [5.74, 6) is 0. The molecule has 0 unspecified atom stereocenters. The monoisotopic (exact) mass is 277 g/mol. The van der Waals surface area contributed by atoms with E-state index in [0.717, 1.165) is 23.9 Å². The van der Waals surface area contributed by atoms with Crippen LogP contribution in [0.1, 0.15) is 32.6 Å². The summed E-state index contributed by atoms with van der Waals surface area (Å²) < 4.78 is 2.22. The van der Waals surface area contributed by atoms with E-state index in [1.807, 2.05) is 18.2 Å². The molecule has 0 fully saturated rings. The first-order chi connectivity index (χ1) is 10.1. The van der Waals surface area contributed by atoms with Crippen molar-refractivity contribution >= 4 is 17.2 Å². The number of aryl methyl sites for hydroxylation is 3. The minimum atomic E-state index is 0.722. The fraction of sp³-hybridized carbons (Fsp3) is 0.211. The highest BCUT2D eigenvalue weighted by Crippen LogP contribution is 2.22. The molecule has 0 aliphatic heterocycles. The zero-order valence-electron chi connectivity index (χ0n) is 12.7. The van der Waals surface area contributed by atoms with Gasteiger partial charge in [0.2, 0.25) is 0 Å². The lowest BCUT2D eigenvalue weighted by Gasteiger charge is -2.13. The lowest BCUT2D eigenvalue weighted by atomic mass is 10.00. The Hall–Kier alpha value is -2.35. The number of hydrogen-bond donors (Lipinski definition) is 0. The standard InChI is InChI=1S/C19H19NO/c1-13-8-14(2)18(15(3)9-13)11-20-7-6-17-5-4-16(12-21)10-19(17)20/h4-10,12H,11H2,1-3H3. The van der Waals surface area contributed by atoms with E-state index in [-0.39, 0.29) is 0 Å². The van der Waals surface area contributed by atoms with E-state index in [1.165, 1.54) is 27.6 Å². The Morgan fingerprint density at radius 2 is 1.71 bits per heavy atom. The zero-order chi connectivity index (χ0) is 15.0. The average Bonchev–Trinajstić information content (AvgIpc) is 2.84. The maximum absolute atomic E-state index is 11.0. The second-order valence-corrected chi connectivity index (χ2v) is 5.76. The van der Waals surface area contributed by atoms with Crippen molar-refractivity contribution in [1.29, 1.82) is 0 Å². The van der Waals surface area contributed by atoms with E-state index in [9.17, 15) is 4.79 Å². The van der Waals surface area contributed by atoms with Gasteiger partial charge in [0, 0.05) is 23.8 Å². The van der Waals surface area contributed by atoms with Crippen LogP contribution in [0.5, 0.6) is 0 Å². The first-order valence-electron chi connectivity index (χ1n) is 7.19. The van der Waals surface area contributed by atoms with Crippen LogP contribution in [-0.4, -0.2) is 10.9 Å². The van der Waals surface area contributed by atoms with E-state index < -0.39 is 0 Å². The summed E-state index contributed by atoms with van der Waals surface area (Å²) in [6.07, 6.45) is 3.00. The molecular formula is C19H19NO. The Labute approximate surface area is 125 Å². The van der Waals surface area contributed by atoms with Crippen molar-refractivity contribution in [2.45, 2.75) is 27.3 Å². The van der Waals surface area contributed by atoms with Crippen LogP contribution >= 0.6 is 0 Å². The Morgan fingerprint density at radius 3 is 2.38 bits per heavy atom. The van der Waals surface area contributed by atoms with Gasteiger partial charge in [-0.2, -0.15) is 0 Å². The van der Waals surface area contributed by atoms with Crippen molar-refractivity contribution < 1.29 is 4.79 Å².